The van der Waals surface area contributed by atoms with E-state index in [-0.39, 0.29) is 10.0 Å². The molecule has 1 aromatic heterocycles. The van der Waals surface area contributed by atoms with E-state index in [0.717, 1.165) is 15.3 Å². The zero-order valence-corrected chi connectivity index (χ0v) is 12.8. The highest BCUT2D eigenvalue weighted by molar-refractivity contribution is 9.10. The van der Waals surface area contributed by atoms with Crippen LogP contribution in [0.25, 0.3) is 0 Å². The van der Waals surface area contributed by atoms with Crippen molar-refractivity contribution in [2.75, 3.05) is 0 Å². The number of halogens is 3. The SMILES string of the molecule is Cc1cc(C(NN)c2c(F)ccc(Br)c2F)sc1C. The normalized spacial score (nSPS) is 12.7. The molecular formula is C13H13BrF2N2S. The van der Waals surface area contributed by atoms with E-state index in [2.05, 4.69) is 21.4 Å². The Morgan fingerprint density at radius 2 is 2.00 bits per heavy atom. The molecular weight excluding hydrogens is 334 g/mol. The van der Waals surface area contributed by atoms with Crippen molar-refractivity contribution in [2.24, 2.45) is 5.84 Å². The highest BCUT2D eigenvalue weighted by Gasteiger charge is 2.24. The lowest BCUT2D eigenvalue weighted by Gasteiger charge is -2.17. The number of rotatable bonds is 3. The van der Waals surface area contributed by atoms with Gasteiger partial charge in [0.25, 0.3) is 0 Å². The van der Waals surface area contributed by atoms with E-state index in [0.29, 0.717) is 0 Å². The smallest absolute Gasteiger partial charge is 0.145 e. The molecule has 0 bridgehead atoms. The lowest BCUT2D eigenvalue weighted by molar-refractivity contribution is 0.510. The van der Waals surface area contributed by atoms with Gasteiger partial charge in [-0.2, -0.15) is 0 Å². The third-order valence-corrected chi connectivity index (χ3v) is 4.83. The highest BCUT2D eigenvalue weighted by atomic mass is 79.9. The summed E-state index contributed by atoms with van der Waals surface area (Å²) in [6.07, 6.45) is 0. The maximum Gasteiger partial charge on any atom is 0.145 e. The summed E-state index contributed by atoms with van der Waals surface area (Å²) in [5.41, 5.74) is 3.50. The summed E-state index contributed by atoms with van der Waals surface area (Å²) in [5.74, 6) is 4.24. The Morgan fingerprint density at radius 3 is 2.53 bits per heavy atom. The van der Waals surface area contributed by atoms with Crippen molar-refractivity contribution >= 4 is 27.3 Å². The number of nitrogens with one attached hydrogen (secondary N) is 1. The fourth-order valence-electron chi connectivity index (χ4n) is 1.86. The van der Waals surface area contributed by atoms with E-state index >= 15 is 0 Å². The average Bonchev–Trinajstić information content (AvgIpc) is 2.70. The van der Waals surface area contributed by atoms with Crippen LogP contribution in [0.15, 0.2) is 22.7 Å². The standard InChI is InChI=1S/C13H13BrF2N2S/c1-6-5-10(19-7(6)2)13(18-17)11-9(15)4-3-8(14)12(11)16/h3-5,13,18H,17H2,1-2H3. The molecule has 102 valence electrons. The molecule has 19 heavy (non-hydrogen) atoms. The van der Waals surface area contributed by atoms with Gasteiger partial charge in [-0.05, 0) is 53.5 Å². The molecule has 6 heteroatoms. The van der Waals surface area contributed by atoms with E-state index < -0.39 is 17.7 Å². The Morgan fingerprint density at radius 1 is 1.32 bits per heavy atom. The molecule has 2 nitrogen and oxygen atoms in total. The van der Waals surface area contributed by atoms with E-state index in [1.165, 1.54) is 23.5 Å². The second-order valence-corrected chi connectivity index (χ2v) is 6.39. The molecule has 0 spiro atoms. The van der Waals surface area contributed by atoms with E-state index in [9.17, 15) is 8.78 Å². The van der Waals surface area contributed by atoms with Crippen LogP contribution in [0.4, 0.5) is 8.78 Å². The van der Waals surface area contributed by atoms with Crippen LogP contribution in [0.3, 0.4) is 0 Å². The van der Waals surface area contributed by atoms with Gasteiger partial charge in [0, 0.05) is 15.3 Å². The quantitative estimate of drug-likeness (QED) is 0.501. The first-order valence-corrected chi connectivity index (χ1v) is 7.23. The number of aryl methyl sites for hydroxylation is 2. The molecule has 3 N–H and O–H groups in total. The van der Waals surface area contributed by atoms with Crippen LogP contribution in [-0.4, -0.2) is 0 Å². The fourth-order valence-corrected chi connectivity index (χ4v) is 3.32. The van der Waals surface area contributed by atoms with Crippen molar-refractivity contribution in [3.63, 3.8) is 0 Å². The first-order valence-electron chi connectivity index (χ1n) is 5.62. The number of hydrazine groups is 1. The van der Waals surface area contributed by atoms with Gasteiger partial charge in [-0.3, -0.25) is 5.84 Å². The van der Waals surface area contributed by atoms with Gasteiger partial charge in [-0.15, -0.1) is 11.3 Å². The molecule has 2 rings (SSSR count). The number of thiophene rings is 1. The van der Waals surface area contributed by atoms with Gasteiger partial charge >= 0.3 is 0 Å². The van der Waals surface area contributed by atoms with Crippen LogP contribution in [0.1, 0.15) is 26.9 Å². The molecule has 1 unspecified atom stereocenters. The van der Waals surface area contributed by atoms with Crippen molar-refractivity contribution in [1.29, 1.82) is 0 Å². The summed E-state index contributed by atoms with van der Waals surface area (Å²) in [5, 5.41) is 0. The number of hydrogen-bond donors (Lipinski definition) is 2. The zero-order chi connectivity index (χ0) is 14.2. The molecule has 1 aromatic carbocycles. The maximum absolute atomic E-state index is 14.1. The Bertz CT molecular complexity index is 593. The summed E-state index contributed by atoms with van der Waals surface area (Å²) < 4.78 is 28.2. The lowest BCUT2D eigenvalue weighted by Crippen LogP contribution is -2.29. The van der Waals surface area contributed by atoms with Gasteiger partial charge in [0.1, 0.15) is 11.6 Å². The van der Waals surface area contributed by atoms with Crippen LogP contribution in [0, 0.1) is 25.5 Å². The number of benzene rings is 1. The van der Waals surface area contributed by atoms with E-state index in [1.807, 2.05) is 19.9 Å². The maximum atomic E-state index is 14.1. The largest absolute Gasteiger partial charge is 0.271 e. The minimum absolute atomic E-state index is 0.0712. The fraction of sp³-hybridized carbons (Fsp3) is 0.231. The van der Waals surface area contributed by atoms with Gasteiger partial charge in [0.2, 0.25) is 0 Å². The molecule has 0 aliphatic carbocycles. The average molecular weight is 347 g/mol. The molecule has 0 fully saturated rings. The summed E-state index contributed by atoms with van der Waals surface area (Å²) in [6, 6.07) is 3.76. The van der Waals surface area contributed by atoms with Gasteiger partial charge in [-0.1, -0.05) is 0 Å². The summed E-state index contributed by atoms with van der Waals surface area (Å²) in [4.78, 5) is 1.89. The van der Waals surface area contributed by atoms with Crippen LogP contribution < -0.4 is 11.3 Å². The number of nitrogens with two attached hydrogens (primary N) is 1. The second-order valence-electron chi connectivity index (χ2n) is 4.24. The number of hydrogen-bond acceptors (Lipinski definition) is 3. The third kappa shape index (κ3) is 2.72. The Hall–Kier alpha value is -0.820. The highest BCUT2D eigenvalue weighted by Crippen LogP contribution is 2.34. The van der Waals surface area contributed by atoms with Crippen LogP contribution >= 0.6 is 27.3 Å². The zero-order valence-electron chi connectivity index (χ0n) is 10.4. The minimum Gasteiger partial charge on any atom is -0.271 e. The molecule has 2 aromatic rings. The molecule has 0 saturated carbocycles. The topological polar surface area (TPSA) is 38.0 Å². The summed E-state index contributed by atoms with van der Waals surface area (Å²) >= 11 is 4.54. The van der Waals surface area contributed by atoms with Crippen LogP contribution in [-0.2, 0) is 0 Å². The van der Waals surface area contributed by atoms with E-state index in [4.69, 9.17) is 5.84 Å². The molecule has 0 aliphatic heterocycles. The first kappa shape index (κ1) is 14.6. The molecule has 0 aliphatic rings. The van der Waals surface area contributed by atoms with Crippen molar-refractivity contribution in [2.45, 2.75) is 19.9 Å². The van der Waals surface area contributed by atoms with Gasteiger partial charge in [0.05, 0.1) is 10.5 Å². The summed E-state index contributed by atoms with van der Waals surface area (Å²) in [7, 11) is 0. The van der Waals surface area contributed by atoms with Crippen molar-refractivity contribution < 1.29 is 8.78 Å². The van der Waals surface area contributed by atoms with E-state index in [1.54, 1.807) is 0 Å². The molecule has 0 saturated heterocycles. The van der Waals surface area contributed by atoms with Crippen molar-refractivity contribution in [3.05, 3.63) is 55.2 Å². The second kappa shape index (κ2) is 5.66. The molecule has 1 atom stereocenters. The molecule has 0 radical (unpaired) electrons. The molecule has 1 heterocycles. The Kier molecular flexibility index (Phi) is 4.35. The Labute approximate surface area is 122 Å². The summed E-state index contributed by atoms with van der Waals surface area (Å²) in [6.45, 7) is 3.92. The van der Waals surface area contributed by atoms with Gasteiger partial charge in [-0.25, -0.2) is 14.2 Å². The van der Waals surface area contributed by atoms with Gasteiger partial charge < -0.3 is 0 Å². The lowest BCUT2D eigenvalue weighted by atomic mass is 10.0. The van der Waals surface area contributed by atoms with Gasteiger partial charge in [0.15, 0.2) is 0 Å². The molecule has 0 amide bonds. The predicted octanol–water partition coefficient (Wildman–Crippen LogP) is 3.96. The Balaban J connectivity index is 2.57. The van der Waals surface area contributed by atoms with Crippen LogP contribution in [0.2, 0.25) is 0 Å². The minimum atomic E-state index is -0.699. The van der Waals surface area contributed by atoms with Crippen molar-refractivity contribution in [3.8, 4) is 0 Å². The first-order chi connectivity index (χ1) is 8.95. The van der Waals surface area contributed by atoms with Crippen molar-refractivity contribution in [1.82, 2.24) is 5.43 Å². The predicted molar refractivity (Wildman–Crippen MR) is 77.0 cm³/mol. The third-order valence-electron chi connectivity index (χ3n) is 3.00. The van der Waals surface area contributed by atoms with Crippen LogP contribution in [0.5, 0.6) is 0 Å². The monoisotopic (exact) mass is 346 g/mol.